The summed E-state index contributed by atoms with van der Waals surface area (Å²) in [7, 11) is 0. The smallest absolute Gasteiger partial charge is 0.320 e. The van der Waals surface area contributed by atoms with Crippen molar-refractivity contribution in [3.05, 3.63) is 35.4 Å². The largest absolute Gasteiger partial charge is 0.466 e. The molecule has 27 heavy (non-hydrogen) atoms. The molecule has 6 nitrogen and oxygen atoms in total. The van der Waals surface area contributed by atoms with E-state index in [-0.39, 0.29) is 31.5 Å². The van der Waals surface area contributed by atoms with Crippen molar-refractivity contribution >= 4 is 17.9 Å². The van der Waals surface area contributed by atoms with E-state index in [1.54, 1.807) is 20.8 Å². The van der Waals surface area contributed by atoms with Crippen LogP contribution in [0.2, 0.25) is 0 Å². The molecule has 1 atom stereocenters. The first-order valence-electron chi connectivity index (χ1n) is 9.54. The molecule has 0 aromatic heterocycles. The molecule has 0 aliphatic rings. The van der Waals surface area contributed by atoms with Crippen LogP contribution in [0.1, 0.15) is 45.2 Å². The second-order valence-corrected chi connectivity index (χ2v) is 6.09. The SMILES string of the molecule is CCOC(=O)C(CC)Cc1ccccc1CC(C(=O)OCC)C(=O)OCC. The number of benzene rings is 1. The molecule has 0 bridgehead atoms. The summed E-state index contributed by atoms with van der Waals surface area (Å²) in [6.45, 7) is 7.82. The summed E-state index contributed by atoms with van der Waals surface area (Å²) in [5, 5.41) is 0. The molecule has 0 saturated carbocycles. The molecule has 6 heteroatoms. The Hall–Kier alpha value is -2.37. The second-order valence-electron chi connectivity index (χ2n) is 6.09. The standard InChI is InChI=1S/C21H30O6/c1-5-15(19(22)25-6-2)13-16-11-9-10-12-17(16)14-18(20(23)26-7-3)21(24)27-8-4/h9-12,15,18H,5-8,13-14H2,1-4H3. The second kappa shape index (κ2) is 12.1. The molecule has 0 heterocycles. The van der Waals surface area contributed by atoms with Gasteiger partial charge in [-0.1, -0.05) is 31.2 Å². The maximum Gasteiger partial charge on any atom is 0.320 e. The van der Waals surface area contributed by atoms with Crippen molar-refractivity contribution < 1.29 is 28.6 Å². The van der Waals surface area contributed by atoms with Gasteiger partial charge in [0.1, 0.15) is 0 Å². The highest BCUT2D eigenvalue weighted by Crippen LogP contribution is 2.21. The number of hydrogen-bond donors (Lipinski definition) is 0. The zero-order valence-corrected chi connectivity index (χ0v) is 16.7. The van der Waals surface area contributed by atoms with Crippen LogP contribution in [-0.2, 0) is 41.4 Å². The van der Waals surface area contributed by atoms with E-state index in [9.17, 15) is 14.4 Å². The van der Waals surface area contributed by atoms with Crippen molar-refractivity contribution in [1.82, 2.24) is 0 Å². The van der Waals surface area contributed by atoms with Crippen LogP contribution >= 0.6 is 0 Å². The monoisotopic (exact) mass is 378 g/mol. The lowest BCUT2D eigenvalue weighted by Gasteiger charge is -2.19. The van der Waals surface area contributed by atoms with E-state index < -0.39 is 17.9 Å². The van der Waals surface area contributed by atoms with E-state index in [1.807, 2.05) is 31.2 Å². The van der Waals surface area contributed by atoms with Crippen molar-refractivity contribution in [2.75, 3.05) is 19.8 Å². The molecule has 0 radical (unpaired) electrons. The zero-order valence-electron chi connectivity index (χ0n) is 16.7. The van der Waals surface area contributed by atoms with E-state index in [0.717, 1.165) is 11.1 Å². The van der Waals surface area contributed by atoms with Crippen LogP contribution in [0.4, 0.5) is 0 Å². The number of ether oxygens (including phenoxy) is 3. The van der Waals surface area contributed by atoms with Gasteiger partial charge < -0.3 is 14.2 Å². The Bertz CT molecular complexity index is 607. The number of carbonyl (C=O) groups excluding carboxylic acids is 3. The highest BCUT2D eigenvalue weighted by Gasteiger charge is 2.31. The van der Waals surface area contributed by atoms with E-state index in [0.29, 0.717) is 19.4 Å². The van der Waals surface area contributed by atoms with Gasteiger partial charge in [0.2, 0.25) is 0 Å². The number of esters is 3. The summed E-state index contributed by atoms with van der Waals surface area (Å²) < 4.78 is 15.2. The molecule has 1 aromatic carbocycles. The predicted octanol–water partition coefficient (Wildman–Crippen LogP) is 3.10. The number of carbonyl (C=O) groups is 3. The molecule has 0 fully saturated rings. The van der Waals surface area contributed by atoms with Crippen LogP contribution in [0.5, 0.6) is 0 Å². The topological polar surface area (TPSA) is 78.9 Å². The molecule has 1 rings (SSSR count). The zero-order chi connectivity index (χ0) is 20.2. The first-order chi connectivity index (χ1) is 13.0. The van der Waals surface area contributed by atoms with Gasteiger partial charge >= 0.3 is 17.9 Å². The van der Waals surface area contributed by atoms with Gasteiger partial charge in [-0.25, -0.2) is 0 Å². The fourth-order valence-corrected chi connectivity index (χ4v) is 2.84. The van der Waals surface area contributed by atoms with Crippen LogP contribution in [0.3, 0.4) is 0 Å². The van der Waals surface area contributed by atoms with Gasteiger partial charge in [-0.2, -0.15) is 0 Å². The van der Waals surface area contributed by atoms with Gasteiger partial charge in [0.25, 0.3) is 0 Å². The highest BCUT2D eigenvalue weighted by molar-refractivity contribution is 5.95. The Morgan fingerprint density at radius 1 is 0.741 bits per heavy atom. The maximum absolute atomic E-state index is 12.2. The van der Waals surface area contributed by atoms with Gasteiger partial charge in [-0.15, -0.1) is 0 Å². The Labute approximate surface area is 161 Å². The van der Waals surface area contributed by atoms with Crippen LogP contribution in [-0.4, -0.2) is 37.7 Å². The molecule has 0 spiro atoms. The van der Waals surface area contributed by atoms with Gasteiger partial charge in [-0.3, -0.25) is 14.4 Å². The molecule has 0 saturated heterocycles. The fraction of sp³-hybridized carbons (Fsp3) is 0.571. The molecule has 1 unspecified atom stereocenters. The summed E-state index contributed by atoms with van der Waals surface area (Å²) in [6, 6.07) is 7.49. The van der Waals surface area contributed by atoms with Crippen LogP contribution in [0, 0.1) is 11.8 Å². The van der Waals surface area contributed by atoms with E-state index in [4.69, 9.17) is 14.2 Å². The summed E-state index contributed by atoms with van der Waals surface area (Å²) in [6.07, 6.45) is 1.31. The molecular weight excluding hydrogens is 348 g/mol. The minimum Gasteiger partial charge on any atom is -0.466 e. The molecule has 1 aromatic rings. The normalized spacial score (nSPS) is 11.7. The number of rotatable bonds is 11. The maximum atomic E-state index is 12.2. The summed E-state index contributed by atoms with van der Waals surface area (Å²) in [4.78, 5) is 36.6. The molecular formula is C21H30O6. The fourth-order valence-electron chi connectivity index (χ4n) is 2.84. The minimum absolute atomic E-state index is 0.174. The van der Waals surface area contributed by atoms with Crippen molar-refractivity contribution in [2.24, 2.45) is 11.8 Å². The first-order valence-corrected chi connectivity index (χ1v) is 9.54. The van der Waals surface area contributed by atoms with E-state index in [1.165, 1.54) is 0 Å². The first kappa shape index (κ1) is 22.7. The Morgan fingerprint density at radius 3 is 1.63 bits per heavy atom. The third-order valence-corrected chi connectivity index (χ3v) is 4.26. The summed E-state index contributed by atoms with van der Waals surface area (Å²) in [5.41, 5.74) is 1.74. The Balaban J connectivity index is 3.05. The van der Waals surface area contributed by atoms with Crippen LogP contribution in [0.25, 0.3) is 0 Å². The highest BCUT2D eigenvalue weighted by atomic mass is 16.6. The lowest BCUT2D eigenvalue weighted by molar-refractivity contribution is -0.161. The molecule has 0 aliphatic carbocycles. The lowest BCUT2D eigenvalue weighted by atomic mass is 9.89. The minimum atomic E-state index is -1.02. The van der Waals surface area contributed by atoms with E-state index >= 15 is 0 Å². The van der Waals surface area contributed by atoms with Crippen molar-refractivity contribution in [1.29, 1.82) is 0 Å². The molecule has 150 valence electrons. The van der Waals surface area contributed by atoms with Crippen molar-refractivity contribution in [2.45, 2.75) is 47.0 Å². The molecule has 0 N–H and O–H groups in total. The molecule has 0 amide bonds. The quantitative estimate of drug-likeness (QED) is 0.334. The van der Waals surface area contributed by atoms with E-state index in [2.05, 4.69) is 0 Å². The van der Waals surface area contributed by atoms with Gasteiger partial charge in [-0.05, 0) is 51.2 Å². The predicted molar refractivity (Wildman–Crippen MR) is 101 cm³/mol. The molecule has 0 aliphatic heterocycles. The third-order valence-electron chi connectivity index (χ3n) is 4.26. The number of hydrogen-bond acceptors (Lipinski definition) is 6. The van der Waals surface area contributed by atoms with Gasteiger partial charge in [0, 0.05) is 0 Å². The summed E-state index contributed by atoms with van der Waals surface area (Å²) >= 11 is 0. The average molecular weight is 378 g/mol. The summed E-state index contributed by atoms with van der Waals surface area (Å²) in [5.74, 6) is -2.71. The van der Waals surface area contributed by atoms with Crippen molar-refractivity contribution in [3.63, 3.8) is 0 Å². The van der Waals surface area contributed by atoms with Gasteiger partial charge in [0.15, 0.2) is 5.92 Å². The lowest BCUT2D eigenvalue weighted by Crippen LogP contribution is -2.30. The van der Waals surface area contributed by atoms with Crippen LogP contribution in [0.15, 0.2) is 24.3 Å². The van der Waals surface area contributed by atoms with Crippen LogP contribution < -0.4 is 0 Å². The average Bonchev–Trinajstić information content (AvgIpc) is 2.65. The third kappa shape index (κ3) is 7.04. The van der Waals surface area contributed by atoms with Gasteiger partial charge in [0.05, 0.1) is 25.7 Å². The van der Waals surface area contributed by atoms with Crippen molar-refractivity contribution in [3.8, 4) is 0 Å². The Kier molecular flexibility index (Phi) is 10.2. The Morgan fingerprint density at radius 2 is 1.19 bits per heavy atom.